The van der Waals surface area contributed by atoms with Crippen molar-refractivity contribution in [2.75, 3.05) is 0 Å². The first-order valence-electron chi connectivity index (χ1n) is 3.32. The minimum atomic E-state index is -1.02. The number of hydrogen-bond acceptors (Lipinski definition) is 3. The van der Waals surface area contributed by atoms with Crippen LogP contribution in [0, 0.1) is 6.92 Å². The molecule has 0 atom stereocenters. The van der Waals surface area contributed by atoms with Crippen LogP contribution in [-0.4, -0.2) is 30.9 Å². The molecule has 2 rings (SSSR count). The van der Waals surface area contributed by atoms with Gasteiger partial charge >= 0.3 is 5.97 Å². The van der Waals surface area contributed by atoms with E-state index in [1.807, 2.05) is 0 Å². The molecule has 6 heteroatoms. The number of fused-ring (bicyclic) bond motifs is 1. The molecule has 2 heterocycles. The molecule has 0 aliphatic rings. The third-order valence-corrected chi connectivity index (χ3v) is 1.52. The first kappa shape index (κ1) is 6.84. The first-order chi connectivity index (χ1) is 5.68. The lowest BCUT2D eigenvalue weighted by atomic mass is 10.3. The van der Waals surface area contributed by atoms with Gasteiger partial charge in [0.05, 0.1) is 6.20 Å². The number of hydrogen-bond donors (Lipinski definition) is 2. The third-order valence-electron chi connectivity index (χ3n) is 1.52. The third kappa shape index (κ3) is 0.777. The Morgan fingerprint density at radius 1 is 1.75 bits per heavy atom. The Labute approximate surface area is 66.8 Å². The summed E-state index contributed by atoms with van der Waals surface area (Å²) in [5.74, 6) is -0.378. The lowest BCUT2D eigenvalue weighted by Gasteiger charge is -1.81. The van der Waals surface area contributed by atoms with E-state index >= 15 is 0 Å². The van der Waals surface area contributed by atoms with Crippen molar-refractivity contribution in [1.82, 2.24) is 19.8 Å². The van der Waals surface area contributed by atoms with Crippen LogP contribution in [0.3, 0.4) is 0 Å². The number of aromatic nitrogens is 4. The molecule has 0 bridgehead atoms. The normalized spacial score (nSPS) is 10.8. The number of aromatic carboxylic acids is 1. The zero-order chi connectivity index (χ0) is 8.72. The molecule has 0 saturated heterocycles. The van der Waals surface area contributed by atoms with E-state index in [1.54, 1.807) is 6.92 Å². The Hall–Kier alpha value is -1.85. The van der Waals surface area contributed by atoms with Crippen LogP contribution < -0.4 is 0 Å². The number of nitrogens with zero attached hydrogens (tertiary/aromatic N) is 3. The highest BCUT2D eigenvalue weighted by Gasteiger charge is 2.13. The molecule has 2 aromatic rings. The molecule has 0 amide bonds. The fraction of sp³-hybridized carbons (Fsp3) is 0.167. The molecule has 2 aromatic heterocycles. The largest absolute Gasteiger partial charge is 0.477 e. The average molecular weight is 166 g/mol. The van der Waals surface area contributed by atoms with Crippen LogP contribution in [0.15, 0.2) is 6.20 Å². The highest BCUT2D eigenvalue weighted by Crippen LogP contribution is 2.06. The molecule has 0 aromatic carbocycles. The smallest absolute Gasteiger partial charge is 0.341 e. The van der Waals surface area contributed by atoms with Crippen molar-refractivity contribution in [3.05, 3.63) is 17.6 Å². The van der Waals surface area contributed by atoms with E-state index in [4.69, 9.17) is 5.11 Å². The Morgan fingerprint density at radius 2 is 2.50 bits per heavy atom. The van der Waals surface area contributed by atoms with Crippen molar-refractivity contribution in [3.8, 4) is 0 Å². The van der Waals surface area contributed by atoms with Gasteiger partial charge in [0, 0.05) is 0 Å². The number of carboxylic acids is 1. The number of carboxylic acid groups (broad SMARTS) is 1. The molecule has 0 unspecified atom stereocenters. The lowest BCUT2D eigenvalue weighted by Crippen LogP contribution is -1.94. The summed E-state index contributed by atoms with van der Waals surface area (Å²) in [5.41, 5.74) is 0.458. The SMILES string of the molecule is Cc1nc2c(C(=O)O)cnn2[nH]1. The number of aryl methyl sites for hydroxylation is 1. The Morgan fingerprint density at radius 3 is 3.17 bits per heavy atom. The van der Waals surface area contributed by atoms with Crippen molar-refractivity contribution in [2.45, 2.75) is 6.92 Å². The summed E-state index contributed by atoms with van der Waals surface area (Å²) in [4.78, 5) is 14.5. The summed E-state index contributed by atoms with van der Waals surface area (Å²) in [6.45, 7) is 1.74. The molecular formula is C6H6N4O2. The molecule has 0 aliphatic heterocycles. The van der Waals surface area contributed by atoms with E-state index in [9.17, 15) is 4.79 Å². The molecule has 0 radical (unpaired) electrons. The summed E-state index contributed by atoms with van der Waals surface area (Å²) in [6.07, 6.45) is 1.26. The molecule has 0 aliphatic carbocycles. The lowest BCUT2D eigenvalue weighted by molar-refractivity contribution is 0.0699. The molecule has 0 fully saturated rings. The minimum Gasteiger partial charge on any atom is -0.477 e. The summed E-state index contributed by atoms with van der Waals surface area (Å²) < 4.78 is 1.33. The van der Waals surface area contributed by atoms with E-state index in [0.29, 0.717) is 11.5 Å². The summed E-state index contributed by atoms with van der Waals surface area (Å²) >= 11 is 0. The molecule has 6 nitrogen and oxygen atoms in total. The van der Waals surface area contributed by atoms with Crippen LogP contribution in [0.1, 0.15) is 16.2 Å². The van der Waals surface area contributed by atoms with Crippen LogP contribution in [0.25, 0.3) is 5.65 Å². The predicted molar refractivity (Wildman–Crippen MR) is 39.0 cm³/mol. The summed E-state index contributed by atoms with van der Waals surface area (Å²) in [7, 11) is 0. The molecular weight excluding hydrogens is 160 g/mol. The Balaban J connectivity index is 2.76. The first-order valence-corrected chi connectivity index (χ1v) is 3.32. The van der Waals surface area contributed by atoms with Gasteiger partial charge in [0.15, 0.2) is 5.65 Å². The van der Waals surface area contributed by atoms with Gasteiger partial charge < -0.3 is 5.11 Å². The second-order valence-electron chi connectivity index (χ2n) is 2.41. The second-order valence-corrected chi connectivity index (χ2v) is 2.41. The van der Waals surface area contributed by atoms with Gasteiger partial charge in [-0.05, 0) is 6.92 Å². The molecule has 0 spiro atoms. The van der Waals surface area contributed by atoms with Crippen LogP contribution in [0.5, 0.6) is 0 Å². The van der Waals surface area contributed by atoms with E-state index in [-0.39, 0.29) is 5.56 Å². The number of H-pyrrole nitrogens is 1. The highest BCUT2D eigenvalue weighted by molar-refractivity contribution is 5.93. The van der Waals surface area contributed by atoms with Crippen LogP contribution in [0.2, 0.25) is 0 Å². The quantitative estimate of drug-likeness (QED) is 0.627. The second kappa shape index (κ2) is 2.07. The van der Waals surface area contributed by atoms with Crippen molar-refractivity contribution in [2.24, 2.45) is 0 Å². The molecule has 12 heavy (non-hydrogen) atoms. The van der Waals surface area contributed by atoms with E-state index in [0.717, 1.165) is 0 Å². The summed E-state index contributed by atoms with van der Waals surface area (Å²) in [5, 5.41) is 15.2. The topological polar surface area (TPSA) is 83.3 Å². The van der Waals surface area contributed by atoms with Gasteiger partial charge in [-0.1, -0.05) is 0 Å². The van der Waals surface area contributed by atoms with Gasteiger partial charge in [0.25, 0.3) is 0 Å². The molecule has 62 valence electrons. The number of rotatable bonds is 1. The fourth-order valence-electron chi connectivity index (χ4n) is 1.02. The van der Waals surface area contributed by atoms with Gasteiger partial charge in [0.1, 0.15) is 11.4 Å². The predicted octanol–water partition coefficient (Wildman–Crippen LogP) is 0.0640. The standard InChI is InChI=1S/C6H6N4O2/c1-3-8-5-4(6(11)12)2-7-10(5)9-3/h2H,1H3,(H,8,9)(H,11,12). The maximum atomic E-state index is 10.6. The van der Waals surface area contributed by atoms with Crippen molar-refractivity contribution in [3.63, 3.8) is 0 Å². The van der Waals surface area contributed by atoms with Crippen LogP contribution in [-0.2, 0) is 0 Å². The molecule has 0 saturated carbocycles. The van der Waals surface area contributed by atoms with Gasteiger partial charge in [-0.25, -0.2) is 9.78 Å². The zero-order valence-corrected chi connectivity index (χ0v) is 6.27. The molecule has 2 N–H and O–H groups in total. The van der Waals surface area contributed by atoms with Gasteiger partial charge in [0.2, 0.25) is 0 Å². The van der Waals surface area contributed by atoms with Crippen LogP contribution >= 0.6 is 0 Å². The minimum absolute atomic E-state index is 0.111. The van der Waals surface area contributed by atoms with Crippen molar-refractivity contribution in [1.29, 1.82) is 0 Å². The zero-order valence-electron chi connectivity index (χ0n) is 6.27. The number of nitrogens with one attached hydrogen (secondary N) is 1. The van der Waals surface area contributed by atoms with Crippen molar-refractivity contribution >= 4 is 11.6 Å². The highest BCUT2D eigenvalue weighted by atomic mass is 16.4. The van der Waals surface area contributed by atoms with Gasteiger partial charge in [-0.2, -0.15) is 9.73 Å². The maximum absolute atomic E-state index is 10.6. The number of carbonyl (C=O) groups is 1. The van der Waals surface area contributed by atoms with E-state index in [1.165, 1.54) is 10.8 Å². The van der Waals surface area contributed by atoms with E-state index in [2.05, 4.69) is 15.2 Å². The fourth-order valence-corrected chi connectivity index (χ4v) is 1.02. The Kier molecular flexibility index (Phi) is 1.18. The monoisotopic (exact) mass is 166 g/mol. The number of aromatic amines is 1. The maximum Gasteiger partial charge on any atom is 0.341 e. The van der Waals surface area contributed by atoms with Crippen LogP contribution in [0.4, 0.5) is 0 Å². The van der Waals surface area contributed by atoms with Gasteiger partial charge in [-0.3, -0.25) is 5.10 Å². The average Bonchev–Trinajstić information content (AvgIpc) is 2.43. The van der Waals surface area contributed by atoms with Gasteiger partial charge in [-0.15, -0.1) is 0 Å². The van der Waals surface area contributed by atoms with E-state index < -0.39 is 5.97 Å². The van der Waals surface area contributed by atoms with Crippen molar-refractivity contribution < 1.29 is 9.90 Å². The Bertz CT molecular complexity index is 441. The summed E-state index contributed by atoms with van der Waals surface area (Å²) in [6, 6.07) is 0.